The van der Waals surface area contributed by atoms with Crippen LogP contribution in [0.4, 0.5) is 0 Å². The van der Waals surface area contributed by atoms with Gasteiger partial charge in [0.05, 0.1) is 27.4 Å². The van der Waals surface area contributed by atoms with Crippen LogP contribution in [0.15, 0.2) is 42.5 Å². The van der Waals surface area contributed by atoms with E-state index in [2.05, 4.69) is 5.32 Å². The Bertz CT molecular complexity index is 888. The molecule has 0 saturated carbocycles. The van der Waals surface area contributed by atoms with Crippen LogP contribution < -0.4 is 14.8 Å². The molecule has 8 heteroatoms. The van der Waals surface area contributed by atoms with Crippen LogP contribution in [0, 0.1) is 0 Å². The predicted molar refractivity (Wildman–Crippen MR) is 113 cm³/mol. The van der Waals surface area contributed by atoms with Crippen molar-refractivity contribution in [3.05, 3.63) is 58.6 Å². The molecule has 1 aliphatic rings. The van der Waals surface area contributed by atoms with Gasteiger partial charge in [-0.1, -0.05) is 23.7 Å². The van der Waals surface area contributed by atoms with Gasteiger partial charge in [-0.2, -0.15) is 0 Å². The summed E-state index contributed by atoms with van der Waals surface area (Å²) >= 11 is 5.90. The zero-order chi connectivity index (χ0) is 21.5. The summed E-state index contributed by atoms with van der Waals surface area (Å²) < 4.78 is 16.0. The quantitative estimate of drug-likeness (QED) is 0.693. The van der Waals surface area contributed by atoms with Crippen molar-refractivity contribution in [3.63, 3.8) is 0 Å². The third-order valence-corrected chi connectivity index (χ3v) is 5.21. The van der Waals surface area contributed by atoms with Gasteiger partial charge in [0.15, 0.2) is 0 Å². The first-order valence-corrected chi connectivity index (χ1v) is 10.00. The number of benzene rings is 2. The summed E-state index contributed by atoms with van der Waals surface area (Å²) in [5.41, 5.74) is 1.85. The van der Waals surface area contributed by atoms with Crippen LogP contribution in [0.1, 0.15) is 11.1 Å². The normalized spacial score (nSPS) is 16.3. The smallest absolute Gasteiger partial charge is 0.249 e. The number of amides is 2. The first kappa shape index (κ1) is 21.9. The monoisotopic (exact) mass is 432 g/mol. The predicted octanol–water partition coefficient (Wildman–Crippen LogP) is 2.44. The number of hydrogen-bond acceptors (Lipinski definition) is 5. The molecule has 1 saturated heterocycles. The fraction of sp³-hybridized carbons (Fsp3) is 0.364. The highest BCUT2D eigenvalue weighted by Crippen LogP contribution is 2.27. The van der Waals surface area contributed by atoms with Crippen LogP contribution in [0.2, 0.25) is 5.02 Å². The molecule has 2 aromatic rings. The Kier molecular flexibility index (Phi) is 7.54. The number of methoxy groups -OCH3 is 2. The van der Waals surface area contributed by atoms with Crippen LogP contribution in [0.3, 0.4) is 0 Å². The average Bonchev–Trinajstić information content (AvgIpc) is 2.76. The van der Waals surface area contributed by atoms with Crippen molar-refractivity contribution in [2.45, 2.75) is 19.0 Å². The summed E-state index contributed by atoms with van der Waals surface area (Å²) in [7, 11) is 3.13. The molecule has 1 N–H and O–H groups in total. The van der Waals surface area contributed by atoms with Crippen molar-refractivity contribution < 1.29 is 23.8 Å². The van der Waals surface area contributed by atoms with E-state index in [4.69, 9.17) is 25.8 Å². The molecule has 1 fully saturated rings. The molecule has 2 amide bonds. The Morgan fingerprint density at radius 3 is 2.67 bits per heavy atom. The maximum Gasteiger partial charge on any atom is 0.249 e. The number of nitrogens with zero attached hydrogens (tertiary/aromatic N) is 1. The zero-order valence-electron chi connectivity index (χ0n) is 17.0. The SMILES string of the molecule is COc1ccc(CN2C(=O)COC[C@H]2C(=O)NCCc2ccc(Cl)cc2)c(OC)c1. The second-order valence-electron chi connectivity index (χ2n) is 6.90. The topological polar surface area (TPSA) is 77.1 Å². The standard InChI is InChI=1S/C22H25ClN2O5/c1-28-18-8-5-16(20(11-18)29-2)12-25-19(13-30-14-21(25)26)22(27)24-10-9-15-3-6-17(23)7-4-15/h3-8,11,19H,9-10,12-14H2,1-2H3,(H,24,27)/t19-/m0/s1. The molecule has 160 valence electrons. The van der Waals surface area contributed by atoms with Crippen molar-refractivity contribution in [1.29, 1.82) is 0 Å². The minimum atomic E-state index is -0.705. The Hall–Kier alpha value is -2.77. The number of morpholine rings is 1. The Morgan fingerprint density at radius 2 is 1.97 bits per heavy atom. The van der Waals surface area contributed by atoms with Gasteiger partial charge >= 0.3 is 0 Å². The summed E-state index contributed by atoms with van der Waals surface area (Å²) in [5.74, 6) is 0.761. The third-order valence-electron chi connectivity index (χ3n) is 4.96. The van der Waals surface area contributed by atoms with Gasteiger partial charge in [-0.25, -0.2) is 0 Å². The van der Waals surface area contributed by atoms with E-state index in [-0.39, 0.29) is 31.6 Å². The first-order valence-electron chi connectivity index (χ1n) is 9.62. The van der Waals surface area contributed by atoms with Crippen LogP contribution in [0.25, 0.3) is 0 Å². The fourth-order valence-corrected chi connectivity index (χ4v) is 3.41. The maximum absolute atomic E-state index is 12.8. The van der Waals surface area contributed by atoms with E-state index < -0.39 is 6.04 Å². The lowest BCUT2D eigenvalue weighted by Crippen LogP contribution is -2.56. The minimum absolute atomic E-state index is 0.0486. The number of ether oxygens (including phenoxy) is 3. The highest BCUT2D eigenvalue weighted by Gasteiger charge is 2.34. The van der Waals surface area contributed by atoms with Gasteiger partial charge in [0.2, 0.25) is 11.8 Å². The molecule has 2 aromatic carbocycles. The molecule has 3 rings (SSSR count). The van der Waals surface area contributed by atoms with Gasteiger partial charge in [-0.15, -0.1) is 0 Å². The van der Waals surface area contributed by atoms with Gasteiger partial charge < -0.3 is 24.4 Å². The van der Waals surface area contributed by atoms with Crippen molar-refractivity contribution in [3.8, 4) is 11.5 Å². The molecule has 0 aliphatic carbocycles. The third kappa shape index (κ3) is 5.43. The molecule has 1 heterocycles. The Morgan fingerprint density at radius 1 is 1.20 bits per heavy atom. The van der Waals surface area contributed by atoms with E-state index in [0.29, 0.717) is 29.5 Å². The van der Waals surface area contributed by atoms with Crippen molar-refractivity contribution in [2.75, 3.05) is 34.0 Å². The molecule has 0 unspecified atom stereocenters. The van der Waals surface area contributed by atoms with Gasteiger partial charge in [0.25, 0.3) is 0 Å². The zero-order valence-corrected chi connectivity index (χ0v) is 17.8. The molecular formula is C22H25ClN2O5. The second-order valence-corrected chi connectivity index (χ2v) is 7.33. The largest absolute Gasteiger partial charge is 0.497 e. The molecule has 0 bridgehead atoms. The second kappa shape index (κ2) is 10.3. The maximum atomic E-state index is 12.8. The van der Waals surface area contributed by atoms with Crippen LogP contribution in [-0.2, 0) is 27.3 Å². The lowest BCUT2D eigenvalue weighted by atomic mass is 10.1. The van der Waals surface area contributed by atoms with E-state index in [1.807, 2.05) is 30.3 Å². The van der Waals surface area contributed by atoms with Crippen LogP contribution in [-0.4, -0.2) is 56.7 Å². The fourth-order valence-electron chi connectivity index (χ4n) is 3.29. The van der Waals surface area contributed by atoms with Gasteiger partial charge in [-0.3, -0.25) is 9.59 Å². The molecular weight excluding hydrogens is 408 g/mol. The molecule has 1 aliphatic heterocycles. The number of nitrogens with one attached hydrogen (secondary N) is 1. The molecule has 1 atom stereocenters. The van der Waals surface area contributed by atoms with Crippen molar-refractivity contribution in [1.82, 2.24) is 10.2 Å². The van der Waals surface area contributed by atoms with Crippen LogP contribution >= 0.6 is 11.6 Å². The summed E-state index contributed by atoms with van der Waals surface area (Å²) in [6, 6.07) is 12.1. The molecule has 0 radical (unpaired) electrons. The van der Waals surface area contributed by atoms with E-state index in [9.17, 15) is 9.59 Å². The van der Waals surface area contributed by atoms with Gasteiger partial charge in [0.1, 0.15) is 24.1 Å². The lowest BCUT2D eigenvalue weighted by Gasteiger charge is -2.34. The van der Waals surface area contributed by atoms with Crippen molar-refractivity contribution in [2.24, 2.45) is 0 Å². The Labute approximate surface area is 180 Å². The lowest BCUT2D eigenvalue weighted by molar-refractivity contribution is -0.155. The number of halogens is 1. The van der Waals surface area contributed by atoms with E-state index in [0.717, 1.165) is 11.1 Å². The van der Waals surface area contributed by atoms with E-state index in [1.165, 1.54) is 4.90 Å². The molecule has 0 spiro atoms. The highest BCUT2D eigenvalue weighted by molar-refractivity contribution is 6.30. The Balaban J connectivity index is 1.66. The van der Waals surface area contributed by atoms with E-state index >= 15 is 0 Å². The van der Waals surface area contributed by atoms with Crippen LogP contribution in [0.5, 0.6) is 11.5 Å². The minimum Gasteiger partial charge on any atom is -0.497 e. The number of rotatable bonds is 8. The summed E-state index contributed by atoms with van der Waals surface area (Å²) in [5, 5.41) is 3.57. The van der Waals surface area contributed by atoms with Gasteiger partial charge in [-0.05, 0) is 36.2 Å². The summed E-state index contributed by atoms with van der Waals surface area (Å²) in [4.78, 5) is 26.8. The molecule has 0 aromatic heterocycles. The average molecular weight is 433 g/mol. The van der Waals surface area contributed by atoms with Gasteiger partial charge in [0, 0.05) is 23.2 Å². The number of carbonyl (C=O) groups excluding carboxylic acids is 2. The first-order chi connectivity index (χ1) is 14.5. The molecule has 7 nitrogen and oxygen atoms in total. The summed E-state index contributed by atoms with van der Waals surface area (Å²) in [6.45, 7) is 0.791. The highest BCUT2D eigenvalue weighted by atomic mass is 35.5. The molecule has 30 heavy (non-hydrogen) atoms. The summed E-state index contributed by atoms with van der Waals surface area (Å²) in [6.07, 6.45) is 0.663. The van der Waals surface area contributed by atoms with Crippen molar-refractivity contribution >= 4 is 23.4 Å². The number of hydrogen-bond donors (Lipinski definition) is 1. The van der Waals surface area contributed by atoms with E-state index in [1.54, 1.807) is 26.4 Å². The number of carbonyl (C=O) groups is 2.